The Bertz CT molecular complexity index is 543. The van der Waals surface area contributed by atoms with E-state index in [0.717, 1.165) is 23.1 Å². The molecule has 0 spiro atoms. The van der Waals surface area contributed by atoms with E-state index in [1.165, 1.54) is 11.1 Å². The zero-order chi connectivity index (χ0) is 14.4. The first-order valence-electron chi connectivity index (χ1n) is 6.75. The minimum absolute atomic E-state index is 0.663. The second-order valence-electron chi connectivity index (χ2n) is 5.14. The van der Waals surface area contributed by atoms with Crippen molar-refractivity contribution < 1.29 is 0 Å². The molecule has 0 amide bonds. The molecule has 0 aliphatic heterocycles. The minimum Gasteiger partial charge on any atom is -0.312 e. The van der Waals surface area contributed by atoms with Crippen molar-refractivity contribution in [1.29, 1.82) is 0 Å². The SMILES string of the molecule is Cc1cc(CNCC(C)C)cnc1Sc1cnccn1. The first-order valence-corrected chi connectivity index (χ1v) is 7.57. The van der Waals surface area contributed by atoms with Crippen LogP contribution in [0.2, 0.25) is 0 Å². The van der Waals surface area contributed by atoms with Crippen LogP contribution >= 0.6 is 11.8 Å². The van der Waals surface area contributed by atoms with Gasteiger partial charge < -0.3 is 5.32 Å². The van der Waals surface area contributed by atoms with Crippen LogP contribution in [0.15, 0.2) is 40.9 Å². The molecule has 2 aromatic heterocycles. The number of nitrogens with zero attached hydrogens (tertiary/aromatic N) is 3. The van der Waals surface area contributed by atoms with E-state index in [4.69, 9.17) is 0 Å². The van der Waals surface area contributed by atoms with Crippen LogP contribution in [-0.2, 0) is 6.54 Å². The molecule has 0 unspecified atom stereocenters. The molecular formula is C15H20N4S. The Morgan fingerprint density at radius 1 is 1.20 bits per heavy atom. The summed E-state index contributed by atoms with van der Waals surface area (Å²) in [5.41, 5.74) is 2.39. The molecule has 0 bridgehead atoms. The zero-order valence-corrected chi connectivity index (χ0v) is 12.9. The van der Waals surface area contributed by atoms with Gasteiger partial charge >= 0.3 is 0 Å². The summed E-state index contributed by atoms with van der Waals surface area (Å²) < 4.78 is 0. The smallest absolute Gasteiger partial charge is 0.121 e. The van der Waals surface area contributed by atoms with Crippen molar-refractivity contribution in [2.24, 2.45) is 5.92 Å². The summed E-state index contributed by atoms with van der Waals surface area (Å²) in [6.07, 6.45) is 7.05. The lowest BCUT2D eigenvalue weighted by Gasteiger charge is -2.09. The Kier molecular flexibility index (Phi) is 5.49. The van der Waals surface area contributed by atoms with Crippen molar-refractivity contribution in [3.8, 4) is 0 Å². The van der Waals surface area contributed by atoms with Crippen molar-refractivity contribution in [1.82, 2.24) is 20.3 Å². The Morgan fingerprint density at radius 3 is 2.70 bits per heavy atom. The zero-order valence-electron chi connectivity index (χ0n) is 12.1. The number of nitrogens with one attached hydrogen (secondary N) is 1. The van der Waals surface area contributed by atoms with Crippen molar-refractivity contribution in [2.45, 2.75) is 37.4 Å². The van der Waals surface area contributed by atoms with E-state index in [2.05, 4.69) is 47.1 Å². The molecule has 0 atom stereocenters. The lowest BCUT2D eigenvalue weighted by atomic mass is 10.2. The first-order chi connectivity index (χ1) is 9.65. The largest absolute Gasteiger partial charge is 0.312 e. The highest BCUT2D eigenvalue weighted by Crippen LogP contribution is 2.26. The number of aryl methyl sites for hydroxylation is 1. The van der Waals surface area contributed by atoms with Gasteiger partial charge in [-0.1, -0.05) is 19.9 Å². The number of rotatable bonds is 6. The maximum absolute atomic E-state index is 4.53. The van der Waals surface area contributed by atoms with E-state index in [0.29, 0.717) is 5.92 Å². The fourth-order valence-electron chi connectivity index (χ4n) is 1.77. The van der Waals surface area contributed by atoms with Crippen LogP contribution in [0.3, 0.4) is 0 Å². The molecule has 5 heteroatoms. The lowest BCUT2D eigenvalue weighted by Crippen LogP contribution is -2.19. The highest BCUT2D eigenvalue weighted by molar-refractivity contribution is 7.99. The van der Waals surface area contributed by atoms with E-state index in [1.54, 1.807) is 30.4 Å². The Hall–Kier alpha value is -1.46. The van der Waals surface area contributed by atoms with Crippen LogP contribution in [-0.4, -0.2) is 21.5 Å². The molecule has 0 saturated heterocycles. The van der Waals surface area contributed by atoms with E-state index >= 15 is 0 Å². The molecule has 2 heterocycles. The molecule has 0 fully saturated rings. The summed E-state index contributed by atoms with van der Waals surface area (Å²) in [5.74, 6) is 0.663. The molecule has 106 valence electrons. The minimum atomic E-state index is 0.663. The maximum atomic E-state index is 4.53. The van der Waals surface area contributed by atoms with E-state index in [1.807, 2.05) is 6.20 Å². The molecule has 2 rings (SSSR count). The molecule has 20 heavy (non-hydrogen) atoms. The van der Waals surface area contributed by atoms with Gasteiger partial charge in [-0.2, -0.15) is 0 Å². The molecule has 0 saturated carbocycles. The van der Waals surface area contributed by atoms with Gasteiger partial charge in [-0.3, -0.25) is 4.98 Å². The topological polar surface area (TPSA) is 50.7 Å². The summed E-state index contributed by atoms with van der Waals surface area (Å²) in [6, 6.07) is 2.18. The number of hydrogen-bond acceptors (Lipinski definition) is 5. The van der Waals surface area contributed by atoms with Gasteiger partial charge in [0.25, 0.3) is 0 Å². The normalized spacial score (nSPS) is 11.0. The van der Waals surface area contributed by atoms with Gasteiger partial charge in [0.2, 0.25) is 0 Å². The second-order valence-corrected chi connectivity index (χ2v) is 6.15. The van der Waals surface area contributed by atoms with Gasteiger partial charge in [-0.15, -0.1) is 0 Å². The van der Waals surface area contributed by atoms with Crippen molar-refractivity contribution in [3.63, 3.8) is 0 Å². The van der Waals surface area contributed by atoms with Gasteiger partial charge in [0.15, 0.2) is 0 Å². The Morgan fingerprint density at radius 2 is 2.05 bits per heavy atom. The molecule has 4 nitrogen and oxygen atoms in total. The van der Waals surface area contributed by atoms with Crippen LogP contribution in [0.5, 0.6) is 0 Å². The van der Waals surface area contributed by atoms with Crippen LogP contribution < -0.4 is 5.32 Å². The van der Waals surface area contributed by atoms with Gasteiger partial charge in [0.1, 0.15) is 10.1 Å². The third-order valence-electron chi connectivity index (χ3n) is 2.71. The fourth-order valence-corrected chi connectivity index (χ4v) is 2.52. The van der Waals surface area contributed by atoms with E-state index in [-0.39, 0.29) is 0 Å². The maximum Gasteiger partial charge on any atom is 0.121 e. The Balaban J connectivity index is 1.99. The second kappa shape index (κ2) is 7.36. The predicted octanol–water partition coefficient (Wildman–Crippen LogP) is 3.08. The summed E-state index contributed by atoms with van der Waals surface area (Å²) in [4.78, 5) is 12.8. The monoisotopic (exact) mass is 288 g/mol. The number of hydrogen-bond donors (Lipinski definition) is 1. The van der Waals surface area contributed by atoms with E-state index in [9.17, 15) is 0 Å². The van der Waals surface area contributed by atoms with Crippen molar-refractivity contribution in [3.05, 3.63) is 42.0 Å². The van der Waals surface area contributed by atoms with E-state index < -0.39 is 0 Å². The van der Waals surface area contributed by atoms with Crippen LogP contribution in [0.4, 0.5) is 0 Å². The number of aromatic nitrogens is 3. The standard InChI is InChI=1S/C15H20N4S/c1-11(2)7-17-8-13-6-12(3)15(19-9-13)20-14-10-16-4-5-18-14/h4-6,9-11,17H,7-8H2,1-3H3. The van der Waals surface area contributed by atoms with Gasteiger partial charge in [-0.05, 0) is 42.3 Å². The van der Waals surface area contributed by atoms with Gasteiger partial charge in [0, 0.05) is 25.1 Å². The highest BCUT2D eigenvalue weighted by atomic mass is 32.2. The molecule has 0 aliphatic carbocycles. The molecular weight excluding hydrogens is 268 g/mol. The molecule has 2 aromatic rings. The molecule has 0 radical (unpaired) electrons. The summed E-state index contributed by atoms with van der Waals surface area (Å²) in [6.45, 7) is 8.38. The average Bonchev–Trinajstić information content (AvgIpc) is 2.42. The first kappa shape index (κ1) is 14.9. The summed E-state index contributed by atoms with van der Waals surface area (Å²) >= 11 is 1.55. The fraction of sp³-hybridized carbons (Fsp3) is 0.400. The van der Waals surface area contributed by atoms with Crippen molar-refractivity contribution >= 4 is 11.8 Å². The number of pyridine rings is 1. The summed E-state index contributed by atoms with van der Waals surface area (Å²) in [5, 5.41) is 5.28. The average molecular weight is 288 g/mol. The van der Waals surface area contributed by atoms with Crippen LogP contribution in [0, 0.1) is 12.8 Å². The molecule has 1 N–H and O–H groups in total. The van der Waals surface area contributed by atoms with Gasteiger partial charge in [-0.25, -0.2) is 9.97 Å². The molecule has 0 aromatic carbocycles. The molecule has 0 aliphatic rings. The summed E-state index contributed by atoms with van der Waals surface area (Å²) in [7, 11) is 0. The van der Waals surface area contributed by atoms with Crippen LogP contribution in [0.25, 0.3) is 0 Å². The quantitative estimate of drug-likeness (QED) is 0.885. The Labute approximate surface area is 124 Å². The highest BCUT2D eigenvalue weighted by Gasteiger charge is 2.05. The predicted molar refractivity (Wildman–Crippen MR) is 81.7 cm³/mol. The third kappa shape index (κ3) is 4.58. The van der Waals surface area contributed by atoms with Crippen LogP contribution in [0.1, 0.15) is 25.0 Å². The lowest BCUT2D eigenvalue weighted by molar-refractivity contribution is 0.551. The van der Waals surface area contributed by atoms with Crippen molar-refractivity contribution in [2.75, 3.05) is 6.54 Å². The van der Waals surface area contributed by atoms with Gasteiger partial charge in [0.05, 0.1) is 6.20 Å². The third-order valence-corrected chi connectivity index (χ3v) is 3.75.